The number of nitrogens with two attached hydrogens (primary N) is 1. The molecule has 3 N–H and O–H groups in total. The van der Waals surface area contributed by atoms with Gasteiger partial charge in [0.2, 0.25) is 0 Å². The zero-order valence-electron chi connectivity index (χ0n) is 10.6. The number of nitrogens with one attached hydrogen (secondary N) is 1. The molecule has 0 bridgehead atoms. The van der Waals surface area contributed by atoms with Crippen LogP contribution in [0.3, 0.4) is 0 Å². The minimum absolute atomic E-state index is 0.00685. The molecule has 102 valence electrons. The summed E-state index contributed by atoms with van der Waals surface area (Å²) < 4.78 is 38.6. The maximum atomic E-state index is 12.9. The SMILES string of the molecule is CCC(C)(CNC1CCC(N)CC1)C(F)(F)F. The van der Waals surface area contributed by atoms with Gasteiger partial charge in [0.05, 0.1) is 5.41 Å². The van der Waals surface area contributed by atoms with Crippen LogP contribution in [0.4, 0.5) is 13.2 Å². The largest absolute Gasteiger partial charge is 0.395 e. The maximum Gasteiger partial charge on any atom is 0.395 e. The van der Waals surface area contributed by atoms with Gasteiger partial charge in [-0.15, -0.1) is 0 Å². The van der Waals surface area contributed by atoms with E-state index in [0.29, 0.717) is 0 Å². The monoisotopic (exact) mass is 252 g/mol. The Morgan fingerprint density at radius 1 is 1.18 bits per heavy atom. The lowest BCUT2D eigenvalue weighted by atomic mass is 9.85. The van der Waals surface area contributed by atoms with Crippen LogP contribution in [-0.4, -0.2) is 24.8 Å². The standard InChI is InChI=1S/C12H23F3N2/c1-3-11(2,12(13,14)15)8-17-10-6-4-9(16)5-7-10/h9-10,17H,3-8,16H2,1-2H3. The molecule has 0 heterocycles. The van der Waals surface area contributed by atoms with Crippen LogP contribution >= 0.6 is 0 Å². The van der Waals surface area contributed by atoms with Crippen molar-refractivity contribution in [3.05, 3.63) is 0 Å². The molecule has 0 aromatic heterocycles. The second-order valence-electron chi connectivity index (χ2n) is 5.40. The fourth-order valence-corrected chi connectivity index (χ4v) is 2.12. The van der Waals surface area contributed by atoms with Crippen molar-refractivity contribution in [3.8, 4) is 0 Å². The van der Waals surface area contributed by atoms with Crippen LogP contribution < -0.4 is 11.1 Å². The molecule has 1 saturated carbocycles. The normalized spacial score (nSPS) is 30.0. The van der Waals surface area contributed by atoms with Crippen LogP contribution in [0.2, 0.25) is 0 Å². The molecule has 0 aromatic carbocycles. The van der Waals surface area contributed by atoms with Crippen molar-refractivity contribution < 1.29 is 13.2 Å². The summed E-state index contributed by atoms with van der Waals surface area (Å²) in [5, 5.41) is 3.06. The lowest BCUT2D eigenvalue weighted by Crippen LogP contribution is -2.47. The molecule has 1 aliphatic rings. The van der Waals surface area contributed by atoms with Crippen LogP contribution in [0, 0.1) is 5.41 Å². The first-order valence-corrected chi connectivity index (χ1v) is 6.34. The summed E-state index contributed by atoms with van der Waals surface area (Å²) in [5.41, 5.74) is 4.15. The van der Waals surface area contributed by atoms with E-state index in [1.807, 2.05) is 0 Å². The van der Waals surface area contributed by atoms with Gasteiger partial charge in [-0.05, 0) is 39.0 Å². The fraction of sp³-hybridized carbons (Fsp3) is 1.00. The third-order valence-electron chi connectivity index (χ3n) is 4.02. The zero-order chi connectivity index (χ0) is 13.1. The summed E-state index contributed by atoms with van der Waals surface area (Å²) in [5.74, 6) is 0. The number of hydrogen-bond acceptors (Lipinski definition) is 2. The van der Waals surface area contributed by atoms with Gasteiger partial charge in [0.1, 0.15) is 0 Å². The van der Waals surface area contributed by atoms with Crippen LogP contribution in [0.25, 0.3) is 0 Å². The Bertz CT molecular complexity index is 234. The number of halogens is 3. The molecular formula is C12H23F3N2. The van der Waals surface area contributed by atoms with Crippen molar-refractivity contribution in [3.63, 3.8) is 0 Å². The number of rotatable bonds is 4. The Balaban J connectivity index is 2.43. The average molecular weight is 252 g/mol. The van der Waals surface area contributed by atoms with Gasteiger partial charge in [-0.1, -0.05) is 6.92 Å². The molecule has 0 spiro atoms. The Labute approximate surface area is 101 Å². The van der Waals surface area contributed by atoms with Gasteiger partial charge in [0, 0.05) is 18.6 Å². The molecular weight excluding hydrogens is 229 g/mol. The van der Waals surface area contributed by atoms with E-state index < -0.39 is 11.6 Å². The molecule has 1 atom stereocenters. The molecule has 1 fully saturated rings. The van der Waals surface area contributed by atoms with E-state index in [1.165, 1.54) is 6.92 Å². The number of alkyl halides is 3. The Hall–Kier alpha value is -0.290. The van der Waals surface area contributed by atoms with Crippen LogP contribution in [0.15, 0.2) is 0 Å². The van der Waals surface area contributed by atoms with Gasteiger partial charge in [0.15, 0.2) is 0 Å². The predicted octanol–water partition coefficient (Wildman–Crippen LogP) is 2.82. The molecule has 1 rings (SSSR count). The van der Waals surface area contributed by atoms with Gasteiger partial charge in [-0.25, -0.2) is 0 Å². The van der Waals surface area contributed by atoms with Gasteiger partial charge in [-0.3, -0.25) is 0 Å². The second kappa shape index (κ2) is 5.57. The third kappa shape index (κ3) is 3.85. The van der Waals surface area contributed by atoms with E-state index in [9.17, 15) is 13.2 Å². The van der Waals surface area contributed by atoms with E-state index in [0.717, 1.165) is 25.7 Å². The first-order valence-electron chi connectivity index (χ1n) is 6.34. The minimum Gasteiger partial charge on any atom is -0.328 e. The smallest absolute Gasteiger partial charge is 0.328 e. The highest BCUT2D eigenvalue weighted by atomic mass is 19.4. The molecule has 17 heavy (non-hydrogen) atoms. The van der Waals surface area contributed by atoms with Crippen molar-refractivity contribution in [1.29, 1.82) is 0 Å². The van der Waals surface area contributed by atoms with Gasteiger partial charge in [-0.2, -0.15) is 13.2 Å². The Morgan fingerprint density at radius 2 is 1.71 bits per heavy atom. The van der Waals surface area contributed by atoms with Crippen molar-refractivity contribution in [1.82, 2.24) is 5.32 Å². The zero-order valence-corrected chi connectivity index (χ0v) is 10.6. The van der Waals surface area contributed by atoms with E-state index in [1.54, 1.807) is 6.92 Å². The average Bonchev–Trinajstić information content (AvgIpc) is 2.26. The van der Waals surface area contributed by atoms with Crippen LogP contribution in [0.5, 0.6) is 0 Å². The topological polar surface area (TPSA) is 38.0 Å². The first kappa shape index (κ1) is 14.8. The van der Waals surface area contributed by atoms with Crippen molar-refractivity contribution in [2.24, 2.45) is 11.1 Å². The highest BCUT2D eigenvalue weighted by Crippen LogP contribution is 2.40. The van der Waals surface area contributed by atoms with E-state index in [-0.39, 0.29) is 25.0 Å². The molecule has 0 saturated heterocycles. The molecule has 1 aliphatic carbocycles. The molecule has 0 radical (unpaired) electrons. The maximum absolute atomic E-state index is 12.9. The highest BCUT2D eigenvalue weighted by Gasteiger charge is 2.49. The van der Waals surface area contributed by atoms with Gasteiger partial charge >= 0.3 is 6.18 Å². The molecule has 0 aliphatic heterocycles. The van der Waals surface area contributed by atoms with Crippen molar-refractivity contribution in [2.45, 2.75) is 64.2 Å². The summed E-state index contributed by atoms with van der Waals surface area (Å²) in [6.45, 7) is 2.88. The van der Waals surface area contributed by atoms with Gasteiger partial charge in [0.25, 0.3) is 0 Å². The molecule has 5 heteroatoms. The first-order chi connectivity index (χ1) is 7.78. The molecule has 2 nitrogen and oxygen atoms in total. The van der Waals surface area contributed by atoms with E-state index >= 15 is 0 Å². The van der Waals surface area contributed by atoms with Crippen LogP contribution in [-0.2, 0) is 0 Å². The summed E-state index contributed by atoms with van der Waals surface area (Å²) >= 11 is 0. The Kier molecular flexibility index (Phi) is 4.84. The molecule has 0 amide bonds. The third-order valence-corrected chi connectivity index (χ3v) is 4.02. The van der Waals surface area contributed by atoms with E-state index in [4.69, 9.17) is 5.73 Å². The highest BCUT2D eigenvalue weighted by molar-refractivity contribution is 4.86. The van der Waals surface area contributed by atoms with Crippen LogP contribution in [0.1, 0.15) is 46.0 Å². The summed E-state index contributed by atoms with van der Waals surface area (Å²) in [4.78, 5) is 0. The summed E-state index contributed by atoms with van der Waals surface area (Å²) in [6.07, 6.45) is -0.438. The lowest BCUT2D eigenvalue weighted by Gasteiger charge is -2.34. The van der Waals surface area contributed by atoms with Crippen molar-refractivity contribution in [2.75, 3.05) is 6.54 Å². The van der Waals surface area contributed by atoms with E-state index in [2.05, 4.69) is 5.32 Å². The fourth-order valence-electron chi connectivity index (χ4n) is 2.12. The minimum atomic E-state index is -4.14. The predicted molar refractivity (Wildman–Crippen MR) is 62.7 cm³/mol. The summed E-state index contributed by atoms with van der Waals surface area (Å²) in [7, 11) is 0. The quantitative estimate of drug-likeness (QED) is 0.807. The van der Waals surface area contributed by atoms with Gasteiger partial charge < -0.3 is 11.1 Å². The Morgan fingerprint density at radius 3 is 2.12 bits per heavy atom. The molecule has 1 unspecified atom stereocenters. The second-order valence-corrected chi connectivity index (χ2v) is 5.40. The molecule has 0 aromatic rings. The number of hydrogen-bond donors (Lipinski definition) is 2. The lowest BCUT2D eigenvalue weighted by molar-refractivity contribution is -0.217. The van der Waals surface area contributed by atoms with Crippen molar-refractivity contribution >= 4 is 0 Å². The summed E-state index contributed by atoms with van der Waals surface area (Å²) in [6, 6.07) is 0.427.